The van der Waals surface area contributed by atoms with Crippen molar-refractivity contribution < 1.29 is 22.4 Å². The highest BCUT2D eigenvalue weighted by atomic mass is 19.4. The fourth-order valence-electron chi connectivity index (χ4n) is 3.68. The second-order valence-corrected chi connectivity index (χ2v) is 7.80. The van der Waals surface area contributed by atoms with E-state index < -0.39 is 23.5 Å². The van der Waals surface area contributed by atoms with E-state index in [4.69, 9.17) is 5.73 Å². The molecule has 184 valence electrons. The second kappa shape index (κ2) is 10.0. The predicted octanol–water partition coefficient (Wildman–Crippen LogP) is 6.07. The summed E-state index contributed by atoms with van der Waals surface area (Å²) in [6.07, 6.45) is 2.65. The van der Waals surface area contributed by atoms with Gasteiger partial charge in [-0.3, -0.25) is 4.79 Å². The summed E-state index contributed by atoms with van der Waals surface area (Å²) < 4.78 is 54.0. The van der Waals surface area contributed by atoms with E-state index in [0.717, 1.165) is 17.3 Å². The quantitative estimate of drug-likeness (QED) is 0.318. The minimum absolute atomic E-state index is 0.237. The fraction of sp³-hybridized carbons (Fsp3) is 0.115. The van der Waals surface area contributed by atoms with Crippen LogP contribution in [0, 0.1) is 5.82 Å². The molecule has 0 aliphatic rings. The van der Waals surface area contributed by atoms with Crippen LogP contribution >= 0.6 is 0 Å². The molecule has 1 amide bonds. The Kier molecular flexibility index (Phi) is 6.86. The molecule has 2 heterocycles. The minimum Gasteiger partial charge on any atom is -0.405 e. The van der Waals surface area contributed by atoms with Crippen molar-refractivity contribution >= 4 is 22.8 Å². The molecule has 0 bridgehead atoms. The summed E-state index contributed by atoms with van der Waals surface area (Å²) in [5, 5.41) is 7.28. The van der Waals surface area contributed by atoms with Gasteiger partial charge in [-0.2, -0.15) is 18.3 Å². The maximum Gasteiger partial charge on any atom is 0.419 e. The Hall–Kier alpha value is -4.47. The van der Waals surface area contributed by atoms with Gasteiger partial charge in [-0.1, -0.05) is 24.3 Å². The molecule has 4 aromatic rings. The van der Waals surface area contributed by atoms with Crippen LogP contribution in [-0.2, 0) is 6.18 Å². The summed E-state index contributed by atoms with van der Waals surface area (Å²) in [7, 11) is 0. The molecule has 0 fully saturated rings. The molecule has 0 saturated heterocycles. The Morgan fingerprint density at radius 3 is 2.64 bits per heavy atom. The number of halogens is 4. The van der Waals surface area contributed by atoms with Crippen LogP contribution in [0.4, 0.5) is 23.2 Å². The molecule has 0 aliphatic carbocycles. The van der Waals surface area contributed by atoms with Crippen LogP contribution in [0.15, 0.2) is 79.1 Å². The maximum absolute atomic E-state index is 13.9. The van der Waals surface area contributed by atoms with Crippen molar-refractivity contribution in [2.24, 2.45) is 5.73 Å². The van der Waals surface area contributed by atoms with E-state index in [-0.39, 0.29) is 5.56 Å². The van der Waals surface area contributed by atoms with Crippen LogP contribution < -0.4 is 11.1 Å². The molecular weight excluding hydrogens is 474 g/mol. The van der Waals surface area contributed by atoms with Crippen molar-refractivity contribution in [1.82, 2.24) is 14.6 Å². The lowest BCUT2D eigenvalue weighted by Gasteiger charge is -2.11. The number of nitrogens with two attached hydrogens (primary N) is 1. The van der Waals surface area contributed by atoms with Crippen LogP contribution in [0.2, 0.25) is 0 Å². The lowest BCUT2D eigenvalue weighted by Crippen LogP contribution is -2.14. The van der Waals surface area contributed by atoms with E-state index in [0.29, 0.717) is 41.1 Å². The van der Waals surface area contributed by atoms with Crippen LogP contribution in [0.3, 0.4) is 0 Å². The van der Waals surface area contributed by atoms with Crippen LogP contribution in [0.1, 0.15) is 35.0 Å². The van der Waals surface area contributed by atoms with Gasteiger partial charge in [0.2, 0.25) is 0 Å². The van der Waals surface area contributed by atoms with Crippen LogP contribution in [0.5, 0.6) is 0 Å². The number of hydrogen-bond donors (Lipinski definition) is 2. The van der Waals surface area contributed by atoms with E-state index in [1.807, 2.05) is 31.2 Å². The largest absolute Gasteiger partial charge is 0.419 e. The fourth-order valence-corrected chi connectivity index (χ4v) is 3.68. The minimum atomic E-state index is -4.84. The van der Waals surface area contributed by atoms with Gasteiger partial charge in [0.1, 0.15) is 5.82 Å². The van der Waals surface area contributed by atoms with Crippen molar-refractivity contribution in [2.45, 2.75) is 19.5 Å². The highest BCUT2D eigenvalue weighted by Crippen LogP contribution is 2.32. The van der Waals surface area contributed by atoms with Crippen molar-refractivity contribution in [3.05, 3.63) is 102 Å². The van der Waals surface area contributed by atoms with Crippen molar-refractivity contribution in [3.63, 3.8) is 0 Å². The number of nitrogens with zero attached hydrogens (tertiary/aromatic N) is 3. The Morgan fingerprint density at radius 2 is 1.94 bits per heavy atom. The number of hydrogen-bond acceptors (Lipinski definition) is 4. The molecule has 3 N–H and O–H groups in total. The van der Waals surface area contributed by atoms with E-state index in [2.05, 4.69) is 15.4 Å². The summed E-state index contributed by atoms with van der Waals surface area (Å²) >= 11 is 0. The number of anilines is 1. The zero-order valence-corrected chi connectivity index (χ0v) is 19.1. The number of fused-ring (bicyclic) bond motifs is 1. The number of alkyl halides is 3. The highest BCUT2D eigenvalue weighted by molar-refractivity contribution is 6.04. The smallest absolute Gasteiger partial charge is 0.405 e. The van der Waals surface area contributed by atoms with Gasteiger partial charge in [-0.15, -0.1) is 0 Å². The molecule has 0 radical (unpaired) electrons. The zero-order chi connectivity index (χ0) is 25.9. The zero-order valence-electron chi connectivity index (χ0n) is 19.1. The summed E-state index contributed by atoms with van der Waals surface area (Å²) in [6, 6.07) is 12.5. The highest BCUT2D eigenvalue weighted by Gasteiger charge is 2.34. The van der Waals surface area contributed by atoms with Crippen molar-refractivity contribution in [3.8, 4) is 11.3 Å². The number of aromatic nitrogens is 3. The van der Waals surface area contributed by atoms with E-state index >= 15 is 0 Å². The first-order valence-corrected chi connectivity index (χ1v) is 10.9. The van der Waals surface area contributed by atoms with Gasteiger partial charge in [0.25, 0.3) is 5.91 Å². The summed E-state index contributed by atoms with van der Waals surface area (Å²) in [5.41, 5.74) is 7.91. The molecule has 6 nitrogen and oxygen atoms in total. The third-order valence-electron chi connectivity index (χ3n) is 5.46. The first-order valence-electron chi connectivity index (χ1n) is 10.9. The molecule has 2 aromatic carbocycles. The van der Waals surface area contributed by atoms with Gasteiger partial charge >= 0.3 is 6.18 Å². The number of allylic oxidation sites excluding steroid dienone is 3. The summed E-state index contributed by atoms with van der Waals surface area (Å²) in [6.45, 7) is 1.91. The third kappa shape index (κ3) is 5.12. The summed E-state index contributed by atoms with van der Waals surface area (Å²) in [4.78, 5) is 17.0. The number of rotatable bonds is 6. The molecule has 2 aromatic heterocycles. The molecule has 0 aliphatic heterocycles. The average molecular weight is 495 g/mol. The number of carbonyl (C=O) groups excluding carboxylic acids is 1. The number of benzene rings is 2. The maximum atomic E-state index is 13.9. The van der Waals surface area contributed by atoms with Gasteiger partial charge in [-0.05, 0) is 61.5 Å². The average Bonchev–Trinajstić information content (AvgIpc) is 3.28. The van der Waals surface area contributed by atoms with Crippen LogP contribution in [-0.4, -0.2) is 20.5 Å². The number of carbonyl (C=O) groups is 1. The Morgan fingerprint density at radius 1 is 1.14 bits per heavy atom. The van der Waals surface area contributed by atoms with Gasteiger partial charge in [0.15, 0.2) is 5.65 Å². The van der Waals surface area contributed by atoms with Crippen LogP contribution in [0.25, 0.3) is 22.5 Å². The molecule has 36 heavy (non-hydrogen) atoms. The summed E-state index contributed by atoms with van der Waals surface area (Å²) in [5.74, 6) is -2.26. The van der Waals surface area contributed by atoms with Crippen molar-refractivity contribution in [1.29, 1.82) is 0 Å². The number of amides is 1. The van der Waals surface area contributed by atoms with Crippen molar-refractivity contribution in [2.75, 3.05) is 5.32 Å². The Bertz CT molecular complexity index is 1490. The lowest BCUT2D eigenvalue weighted by atomic mass is 10.1. The standard InChI is InChI=1S/C26H21F4N5O/c1-2-16(6-4-11-31)22-15-24-32-12-10-23(35(24)34-22)17-5-3-7-19(13-17)33-25(36)18-8-9-20(21(27)14-18)26(28,29)30/h2-5,7-15H,6,31H2,1H3,(H,33,36)/b11-4-,16-2+. The molecular formula is C26H21F4N5O. The topological polar surface area (TPSA) is 85.3 Å². The second-order valence-electron chi connectivity index (χ2n) is 7.80. The SMILES string of the molecule is C/C=C(\C/C=C\N)c1cc2nccc(-c3cccc(NC(=O)c4ccc(C(F)(F)F)c(F)c4)c3)n2n1. The first kappa shape index (κ1) is 24.6. The van der Waals surface area contributed by atoms with E-state index in [9.17, 15) is 22.4 Å². The van der Waals surface area contributed by atoms with Gasteiger partial charge in [-0.25, -0.2) is 13.9 Å². The monoisotopic (exact) mass is 495 g/mol. The molecule has 0 saturated carbocycles. The molecule has 0 atom stereocenters. The Balaban J connectivity index is 1.63. The molecule has 10 heteroatoms. The molecule has 0 unspecified atom stereocenters. The van der Waals surface area contributed by atoms with Gasteiger partial charge in [0, 0.05) is 29.1 Å². The number of nitrogens with one attached hydrogen (secondary N) is 1. The normalized spacial score (nSPS) is 12.4. The third-order valence-corrected chi connectivity index (χ3v) is 5.46. The Labute approximate surface area is 203 Å². The molecule has 4 rings (SSSR count). The first-order chi connectivity index (χ1) is 17.2. The van der Waals surface area contributed by atoms with E-state index in [1.165, 1.54) is 6.20 Å². The van der Waals surface area contributed by atoms with Gasteiger partial charge in [0.05, 0.1) is 17.0 Å². The predicted molar refractivity (Wildman–Crippen MR) is 129 cm³/mol. The van der Waals surface area contributed by atoms with Gasteiger partial charge < -0.3 is 11.1 Å². The molecule has 0 spiro atoms. The van der Waals surface area contributed by atoms with E-state index in [1.54, 1.807) is 35.0 Å². The lowest BCUT2D eigenvalue weighted by molar-refractivity contribution is -0.140.